The summed E-state index contributed by atoms with van der Waals surface area (Å²) in [6.45, 7) is 6.13. The maximum absolute atomic E-state index is 12.6. The number of ether oxygens (including phenoxy) is 1. The molecule has 0 aliphatic rings. The van der Waals surface area contributed by atoms with Gasteiger partial charge in [-0.05, 0) is 62.7 Å². The van der Waals surface area contributed by atoms with Gasteiger partial charge in [0.05, 0.1) is 24.2 Å². The van der Waals surface area contributed by atoms with Crippen LogP contribution in [0.3, 0.4) is 0 Å². The van der Waals surface area contributed by atoms with Crippen molar-refractivity contribution in [1.82, 2.24) is 29.6 Å². The average molecular weight is 444 g/mol. The van der Waals surface area contributed by atoms with Crippen LogP contribution in [0.4, 0.5) is 0 Å². The first kappa shape index (κ1) is 21.9. The van der Waals surface area contributed by atoms with Crippen molar-refractivity contribution in [2.45, 2.75) is 27.3 Å². The number of amides is 1. The Morgan fingerprint density at radius 2 is 1.85 bits per heavy atom. The van der Waals surface area contributed by atoms with Crippen LogP contribution in [0.1, 0.15) is 44.7 Å². The molecule has 0 atom stereocenters. The topological polar surface area (TPSA) is 104 Å². The highest BCUT2D eigenvalue weighted by Crippen LogP contribution is 2.16. The highest BCUT2D eigenvalue weighted by molar-refractivity contribution is 5.94. The molecule has 0 saturated heterocycles. The fourth-order valence-electron chi connectivity index (χ4n) is 3.44. The van der Waals surface area contributed by atoms with Crippen LogP contribution in [0.2, 0.25) is 0 Å². The number of pyridine rings is 1. The number of esters is 1. The Morgan fingerprint density at radius 1 is 1.06 bits per heavy atom. The van der Waals surface area contributed by atoms with E-state index in [1.54, 1.807) is 55.2 Å². The van der Waals surface area contributed by atoms with Crippen LogP contribution in [0.5, 0.6) is 0 Å². The molecule has 168 valence electrons. The molecule has 4 rings (SSSR count). The molecule has 3 heterocycles. The van der Waals surface area contributed by atoms with E-state index < -0.39 is 5.97 Å². The summed E-state index contributed by atoms with van der Waals surface area (Å²) in [6, 6.07) is 10.8. The molecule has 0 radical (unpaired) electrons. The van der Waals surface area contributed by atoms with Crippen LogP contribution in [0, 0.1) is 13.8 Å². The minimum absolute atomic E-state index is 0.192. The van der Waals surface area contributed by atoms with Crippen LogP contribution in [-0.2, 0) is 11.3 Å². The second kappa shape index (κ2) is 9.47. The zero-order chi connectivity index (χ0) is 23.4. The van der Waals surface area contributed by atoms with E-state index in [4.69, 9.17) is 4.74 Å². The number of carbonyl (C=O) groups is 2. The number of hydrogen-bond acceptors (Lipinski definition) is 6. The van der Waals surface area contributed by atoms with Gasteiger partial charge in [0.1, 0.15) is 17.2 Å². The van der Waals surface area contributed by atoms with E-state index in [9.17, 15) is 9.59 Å². The fraction of sp³-hybridized carbons (Fsp3) is 0.208. The van der Waals surface area contributed by atoms with Gasteiger partial charge in [-0.15, -0.1) is 0 Å². The number of nitrogens with zero attached hydrogens (tertiary/aromatic N) is 5. The van der Waals surface area contributed by atoms with Gasteiger partial charge in [0.25, 0.3) is 5.91 Å². The van der Waals surface area contributed by atoms with Crippen LogP contribution in [0.25, 0.3) is 11.5 Å². The molecule has 33 heavy (non-hydrogen) atoms. The molecule has 4 aromatic rings. The Morgan fingerprint density at radius 3 is 2.55 bits per heavy atom. The Bertz CT molecular complexity index is 1290. The number of rotatable bonds is 7. The Kier molecular flexibility index (Phi) is 6.30. The summed E-state index contributed by atoms with van der Waals surface area (Å²) in [7, 11) is 0. The first-order valence-corrected chi connectivity index (χ1v) is 10.5. The molecule has 9 nitrogen and oxygen atoms in total. The monoisotopic (exact) mass is 444 g/mol. The molecule has 0 bridgehead atoms. The van der Waals surface area contributed by atoms with Crippen LogP contribution >= 0.6 is 0 Å². The minimum Gasteiger partial charge on any atom is -0.462 e. The largest absolute Gasteiger partial charge is 0.462 e. The van der Waals surface area contributed by atoms with Gasteiger partial charge >= 0.3 is 5.97 Å². The molecule has 0 unspecified atom stereocenters. The zero-order valence-electron chi connectivity index (χ0n) is 18.6. The average Bonchev–Trinajstić information content (AvgIpc) is 3.43. The van der Waals surface area contributed by atoms with Crippen molar-refractivity contribution in [1.29, 1.82) is 0 Å². The summed E-state index contributed by atoms with van der Waals surface area (Å²) in [5.74, 6) is 0.992. The van der Waals surface area contributed by atoms with E-state index in [2.05, 4.69) is 20.4 Å². The van der Waals surface area contributed by atoms with Gasteiger partial charge in [-0.3, -0.25) is 9.36 Å². The maximum Gasteiger partial charge on any atom is 0.341 e. The zero-order valence-corrected chi connectivity index (χ0v) is 18.6. The minimum atomic E-state index is -0.403. The number of aryl methyl sites for hydroxylation is 1. The molecule has 0 spiro atoms. The van der Waals surface area contributed by atoms with Gasteiger partial charge in [-0.1, -0.05) is 0 Å². The second-order valence-corrected chi connectivity index (χ2v) is 7.37. The summed E-state index contributed by atoms with van der Waals surface area (Å²) in [6.07, 6.45) is 6.76. The van der Waals surface area contributed by atoms with E-state index >= 15 is 0 Å². The SMILES string of the molecule is CCOC(=O)c1cnn(-c2ccc(C(=O)NCc3ccnc(-n4ccnc4C)c3)cc2)c1C. The Labute approximate surface area is 191 Å². The van der Waals surface area contributed by atoms with Crippen molar-refractivity contribution < 1.29 is 14.3 Å². The van der Waals surface area contributed by atoms with Gasteiger partial charge in [-0.25, -0.2) is 19.4 Å². The van der Waals surface area contributed by atoms with Gasteiger partial charge in [0.2, 0.25) is 0 Å². The van der Waals surface area contributed by atoms with Crippen molar-refractivity contribution in [3.63, 3.8) is 0 Å². The second-order valence-electron chi connectivity index (χ2n) is 7.37. The lowest BCUT2D eigenvalue weighted by Crippen LogP contribution is -2.23. The quantitative estimate of drug-likeness (QED) is 0.439. The highest BCUT2D eigenvalue weighted by atomic mass is 16.5. The van der Waals surface area contributed by atoms with Gasteiger partial charge in [-0.2, -0.15) is 5.10 Å². The highest BCUT2D eigenvalue weighted by Gasteiger charge is 2.16. The van der Waals surface area contributed by atoms with Crippen LogP contribution < -0.4 is 5.32 Å². The summed E-state index contributed by atoms with van der Waals surface area (Å²) >= 11 is 0. The van der Waals surface area contributed by atoms with Gasteiger partial charge in [0, 0.05) is 30.7 Å². The van der Waals surface area contributed by atoms with E-state index in [-0.39, 0.29) is 5.91 Å². The third-order valence-corrected chi connectivity index (χ3v) is 5.21. The molecule has 1 aromatic carbocycles. The lowest BCUT2D eigenvalue weighted by atomic mass is 10.1. The molecule has 1 amide bonds. The van der Waals surface area contributed by atoms with E-state index in [0.717, 1.165) is 22.9 Å². The number of carbonyl (C=O) groups excluding carboxylic acids is 2. The summed E-state index contributed by atoms with van der Waals surface area (Å²) < 4.78 is 8.58. The molecule has 3 aromatic heterocycles. The number of nitrogens with one attached hydrogen (secondary N) is 1. The van der Waals surface area contributed by atoms with E-state index in [1.165, 1.54) is 6.20 Å². The van der Waals surface area contributed by atoms with Crippen molar-refractivity contribution in [3.05, 3.63) is 89.4 Å². The smallest absolute Gasteiger partial charge is 0.341 e. The normalized spacial score (nSPS) is 10.8. The molecular weight excluding hydrogens is 420 g/mol. The molecule has 0 aliphatic heterocycles. The van der Waals surface area contributed by atoms with E-state index in [0.29, 0.717) is 30.0 Å². The number of hydrogen-bond donors (Lipinski definition) is 1. The number of aromatic nitrogens is 5. The Hall–Kier alpha value is -4.27. The maximum atomic E-state index is 12.6. The van der Waals surface area contributed by atoms with Crippen molar-refractivity contribution in [3.8, 4) is 11.5 Å². The lowest BCUT2D eigenvalue weighted by molar-refractivity contribution is 0.0525. The molecule has 9 heteroatoms. The standard InChI is InChI=1S/C24H24N6O3/c1-4-33-24(32)21-15-28-30(16(21)2)20-7-5-19(6-8-20)23(31)27-14-18-9-10-26-22(13-18)29-12-11-25-17(29)3/h5-13,15H,4,14H2,1-3H3,(H,27,31). The van der Waals surface area contributed by atoms with Crippen LogP contribution in [-0.4, -0.2) is 42.8 Å². The van der Waals surface area contributed by atoms with Crippen LogP contribution in [0.15, 0.2) is 61.2 Å². The molecule has 0 fully saturated rings. The molecule has 1 N–H and O–H groups in total. The lowest BCUT2D eigenvalue weighted by Gasteiger charge is -2.09. The predicted molar refractivity (Wildman–Crippen MR) is 122 cm³/mol. The summed E-state index contributed by atoms with van der Waals surface area (Å²) in [5.41, 5.74) is 3.29. The third kappa shape index (κ3) is 4.67. The van der Waals surface area contributed by atoms with Crippen molar-refractivity contribution >= 4 is 11.9 Å². The van der Waals surface area contributed by atoms with E-state index in [1.807, 2.05) is 29.8 Å². The molecule has 0 aliphatic carbocycles. The van der Waals surface area contributed by atoms with Crippen molar-refractivity contribution in [2.24, 2.45) is 0 Å². The number of imidazole rings is 1. The summed E-state index contributed by atoms with van der Waals surface area (Å²) in [5, 5.41) is 7.21. The van der Waals surface area contributed by atoms with Crippen molar-refractivity contribution in [2.75, 3.05) is 6.61 Å². The Balaban J connectivity index is 1.43. The first-order chi connectivity index (χ1) is 16.0. The third-order valence-electron chi connectivity index (χ3n) is 5.21. The van der Waals surface area contributed by atoms with Gasteiger partial charge < -0.3 is 10.1 Å². The van der Waals surface area contributed by atoms with Gasteiger partial charge in [0.15, 0.2) is 0 Å². The predicted octanol–water partition coefficient (Wildman–Crippen LogP) is 3.18. The molecule has 0 saturated carbocycles. The summed E-state index contributed by atoms with van der Waals surface area (Å²) in [4.78, 5) is 33.2. The molecular formula is C24H24N6O3. The number of benzene rings is 1. The first-order valence-electron chi connectivity index (χ1n) is 10.5. The fourth-order valence-corrected chi connectivity index (χ4v) is 3.44.